The summed E-state index contributed by atoms with van der Waals surface area (Å²) in [6.07, 6.45) is 5.53. The van der Waals surface area contributed by atoms with E-state index in [0.717, 1.165) is 24.3 Å². The maximum Gasteiger partial charge on any atom is 0.461 e. The summed E-state index contributed by atoms with van der Waals surface area (Å²) in [5, 5.41) is 1.21. The van der Waals surface area contributed by atoms with Crippen LogP contribution < -0.4 is 0 Å². The lowest BCUT2D eigenvalue weighted by molar-refractivity contribution is -0.199. The number of hydrogen-bond acceptors (Lipinski definition) is 3. The second kappa shape index (κ2) is 5.14. The van der Waals surface area contributed by atoms with Crippen LogP contribution in [0.3, 0.4) is 0 Å². The minimum atomic E-state index is -0.115. The topological polar surface area (TPSA) is 31.6 Å². The molecule has 2 aromatic rings. The molecule has 4 heteroatoms. The maximum absolute atomic E-state index is 6.61. The Kier molecular flexibility index (Phi) is 3.28. The normalized spacial score (nSPS) is 37.0. The molecule has 1 aliphatic heterocycles. The molecule has 3 nitrogen and oxygen atoms in total. The fourth-order valence-corrected chi connectivity index (χ4v) is 5.78. The molecule has 6 rings (SSSR count). The molecule has 3 saturated carbocycles. The van der Waals surface area contributed by atoms with Gasteiger partial charge in [0.1, 0.15) is 5.58 Å². The monoisotopic (exact) mass is 338 g/mol. The number of para-hydroxylation sites is 1. The Balaban J connectivity index is 1.35. The van der Waals surface area contributed by atoms with Gasteiger partial charge in [-0.15, -0.1) is 0 Å². The van der Waals surface area contributed by atoms with Gasteiger partial charge in [-0.3, -0.25) is 0 Å². The van der Waals surface area contributed by atoms with Crippen molar-refractivity contribution in [1.29, 1.82) is 0 Å². The zero-order chi connectivity index (χ0) is 17.4. The van der Waals surface area contributed by atoms with E-state index >= 15 is 0 Å². The van der Waals surface area contributed by atoms with Crippen molar-refractivity contribution in [3.8, 4) is 0 Å². The van der Waals surface area contributed by atoms with E-state index in [-0.39, 0.29) is 18.8 Å². The molecule has 1 aromatic heterocycles. The molecule has 1 saturated heterocycles. The molecule has 0 unspecified atom stereocenters. The predicted octanol–water partition coefficient (Wildman–Crippen LogP) is 5.09. The van der Waals surface area contributed by atoms with Gasteiger partial charge in [0.25, 0.3) is 0 Å². The van der Waals surface area contributed by atoms with E-state index in [0.29, 0.717) is 17.2 Å². The lowest BCUT2D eigenvalue weighted by atomic mass is 9.43. The van der Waals surface area contributed by atoms with E-state index in [4.69, 9.17) is 13.7 Å². The first-order valence-corrected chi connectivity index (χ1v) is 9.68. The Morgan fingerprint density at radius 2 is 2.00 bits per heavy atom. The molecule has 4 fully saturated rings. The van der Waals surface area contributed by atoms with Crippen LogP contribution in [0.15, 0.2) is 34.9 Å². The average molecular weight is 338 g/mol. The van der Waals surface area contributed by atoms with Gasteiger partial charge in [0.2, 0.25) is 0 Å². The van der Waals surface area contributed by atoms with Crippen LogP contribution in [0, 0.1) is 17.3 Å². The van der Waals surface area contributed by atoms with Crippen molar-refractivity contribution in [3.05, 3.63) is 36.1 Å². The van der Waals surface area contributed by atoms with E-state index in [1.165, 1.54) is 17.4 Å². The van der Waals surface area contributed by atoms with Crippen LogP contribution in [-0.2, 0) is 15.7 Å². The van der Waals surface area contributed by atoms with Gasteiger partial charge < -0.3 is 13.7 Å². The SMILES string of the molecule is C[C@@H](Cc1coc2ccccc12)B1O[C@@H]2C[C@@H]3C[C@@H](C3(C)C)[C@]2(C)O1. The van der Waals surface area contributed by atoms with E-state index in [1.54, 1.807) is 0 Å². The quantitative estimate of drug-likeness (QED) is 0.730. The summed E-state index contributed by atoms with van der Waals surface area (Å²) >= 11 is 0. The third-order valence-electron chi connectivity index (χ3n) is 7.54. The molecule has 0 spiro atoms. The minimum absolute atomic E-state index is 0.112. The fraction of sp³-hybridized carbons (Fsp3) is 0.619. The summed E-state index contributed by atoms with van der Waals surface area (Å²) in [4.78, 5) is 0. The third-order valence-corrected chi connectivity index (χ3v) is 7.54. The summed E-state index contributed by atoms with van der Waals surface area (Å²) in [6, 6.07) is 8.24. The highest BCUT2D eigenvalue weighted by Gasteiger charge is 2.68. The van der Waals surface area contributed by atoms with Crippen LogP contribution in [0.4, 0.5) is 0 Å². The molecule has 2 bridgehead atoms. The first kappa shape index (κ1) is 16.0. The molecule has 3 aliphatic carbocycles. The number of fused-ring (bicyclic) bond motifs is 1. The second-order valence-corrected chi connectivity index (χ2v) is 9.28. The number of rotatable bonds is 3. The van der Waals surface area contributed by atoms with Gasteiger partial charge in [0.15, 0.2) is 0 Å². The summed E-state index contributed by atoms with van der Waals surface area (Å²) in [6.45, 7) is 9.35. The Labute approximate surface area is 150 Å². The molecule has 5 atom stereocenters. The van der Waals surface area contributed by atoms with Crippen molar-refractivity contribution in [3.63, 3.8) is 0 Å². The average Bonchev–Trinajstić information content (AvgIpc) is 3.15. The summed E-state index contributed by atoms with van der Waals surface area (Å²) < 4.78 is 18.7. The largest absolute Gasteiger partial charge is 0.464 e. The van der Waals surface area contributed by atoms with Crippen LogP contribution in [0.25, 0.3) is 11.0 Å². The van der Waals surface area contributed by atoms with E-state index in [9.17, 15) is 0 Å². The molecular formula is C21H27BO3. The third kappa shape index (κ3) is 2.13. The van der Waals surface area contributed by atoms with Gasteiger partial charge in [-0.2, -0.15) is 0 Å². The van der Waals surface area contributed by atoms with Gasteiger partial charge in [-0.25, -0.2) is 0 Å². The lowest BCUT2D eigenvalue weighted by Gasteiger charge is -2.64. The van der Waals surface area contributed by atoms with Gasteiger partial charge >= 0.3 is 7.12 Å². The van der Waals surface area contributed by atoms with Crippen molar-refractivity contribution in [1.82, 2.24) is 0 Å². The summed E-state index contributed by atoms with van der Waals surface area (Å²) in [5.41, 5.74) is 2.49. The van der Waals surface area contributed by atoms with Gasteiger partial charge in [-0.1, -0.05) is 39.0 Å². The Bertz CT molecular complexity index is 812. The Morgan fingerprint density at radius 3 is 2.80 bits per heavy atom. The smallest absolute Gasteiger partial charge is 0.461 e. The van der Waals surface area contributed by atoms with Crippen molar-refractivity contribution < 1.29 is 13.7 Å². The fourth-order valence-electron chi connectivity index (χ4n) is 5.78. The molecule has 0 radical (unpaired) electrons. The summed E-state index contributed by atoms with van der Waals surface area (Å²) in [5.74, 6) is 1.73. The zero-order valence-corrected chi connectivity index (χ0v) is 15.6. The molecular weight excluding hydrogens is 311 g/mol. The van der Waals surface area contributed by atoms with Crippen molar-refractivity contribution in [2.24, 2.45) is 17.3 Å². The van der Waals surface area contributed by atoms with Crippen molar-refractivity contribution in [2.45, 2.75) is 64.5 Å². The van der Waals surface area contributed by atoms with Gasteiger partial charge in [-0.05, 0) is 60.9 Å². The van der Waals surface area contributed by atoms with Crippen LogP contribution in [0.1, 0.15) is 46.1 Å². The standard InChI is InChI=1S/C21H27BO3/c1-13(9-14-12-23-17-8-6-5-7-16(14)17)22-24-19-11-15-10-18(20(15,2)3)21(19,4)25-22/h5-8,12-13,15,18-19H,9-11H2,1-4H3/t13-,15-,18-,19+,21-/m0/s1. The summed E-state index contributed by atoms with van der Waals surface area (Å²) in [7, 11) is -0.112. The first-order chi connectivity index (χ1) is 11.9. The highest BCUT2D eigenvalue weighted by atomic mass is 16.7. The van der Waals surface area contributed by atoms with Crippen LogP contribution in [0.5, 0.6) is 0 Å². The second-order valence-electron chi connectivity index (χ2n) is 9.28. The maximum atomic E-state index is 6.61. The predicted molar refractivity (Wildman–Crippen MR) is 99.5 cm³/mol. The van der Waals surface area contributed by atoms with Crippen LogP contribution in [0.2, 0.25) is 5.82 Å². The molecule has 0 amide bonds. The number of benzene rings is 1. The molecule has 0 N–H and O–H groups in total. The Morgan fingerprint density at radius 1 is 1.20 bits per heavy atom. The van der Waals surface area contributed by atoms with E-state index < -0.39 is 0 Å². The highest BCUT2D eigenvalue weighted by molar-refractivity contribution is 6.47. The van der Waals surface area contributed by atoms with E-state index in [2.05, 4.69) is 39.8 Å². The van der Waals surface area contributed by atoms with Gasteiger partial charge in [0.05, 0.1) is 18.0 Å². The van der Waals surface area contributed by atoms with Crippen molar-refractivity contribution >= 4 is 18.1 Å². The highest BCUT2D eigenvalue weighted by Crippen LogP contribution is 2.66. The molecule has 2 heterocycles. The first-order valence-electron chi connectivity index (χ1n) is 9.68. The minimum Gasteiger partial charge on any atom is -0.464 e. The van der Waals surface area contributed by atoms with Crippen LogP contribution >= 0.6 is 0 Å². The molecule has 4 aliphatic rings. The molecule has 132 valence electrons. The Hall–Kier alpha value is -1.26. The lowest BCUT2D eigenvalue weighted by Crippen LogP contribution is -2.65. The zero-order valence-electron chi connectivity index (χ0n) is 15.6. The van der Waals surface area contributed by atoms with Gasteiger partial charge in [0, 0.05) is 5.39 Å². The van der Waals surface area contributed by atoms with Crippen LogP contribution in [-0.4, -0.2) is 18.8 Å². The van der Waals surface area contributed by atoms with E-state index in [1.807, 2.05) is 18.4 Å². The number of hydrogen-bond donors (Lipinski definition) is 0. The number of furan rings is 1. The molecule has 25 heavy (non-hydrogen) atoms. The molecule has 1 aromatic carbocycles. The van der Waals surface area contributed by atoms with Crippen molar-refractivity contribution in [2.75, 3.05) is 0 Å².